The lowest BCUT2D eigenvalue weighted by Crippen LogP contribution is -2.08. The van der Waals surface area contributed by atoms with Crippen molar-refractivity contribution in [3.8, 4) is 0 Å². The van der Waals surface area contributed by atoms with E-state index in [1.807, 2.05) is 13.8 Å². The van der Waals surface area contributed by atoms with E-state index >= 15 is 0 Å². The number of aliphatic carboxylic acids is 1. The van der Waals surface area contributed by atoms with Crippen molar-refractivity contribution in [2.75, 3.05) is 0 Å². The van der Waals surface area contributed by atoms with E-state index in [0.29, 0.717) is 22.9 Å². The van der Waals surface area contributed by atoms with Crippen LogP contribution in [0, 0.1) is 6.92 Å². The Morgan fingerprint density at radius 1 is 1.44 bits per heavy atom. The summed E-state index contributed by atoms with van der Waals surface area (Å²) in [7, 11) is 0. The van der Waals surface area contributed by atoms with Gasteiger partial charge in [-0.15, -0.1) is 5.10 Å². The smallest absolute Gasteiger partial charge is 0.308 e. The summed E-state index contributed by atoms with van der Waals surface area (Å²) in [6.45, 7) is 5.65. The maximum absolute atomic E-state index is 10.8. The maximum Gasteiger partial charge on any atom is 0.308 e. The molecule has 0 atom stereocenters. The molecule has 0 bridgehead atoms. The van der Waals surface area contributed by atoms with Crippen LogP contribution in [0.15, 0.2) is 0 Å². The number of hydrogen-bond acceptors (Lipinski definition) is 4. The molecule has 6 nitrogen and oxygen atoms in total. The molecule has 2 rings (SSSR count). The number of aromatic nitrogens is 4. The third-order valence-corrected chi connectivity index (χ3v) is 2.98. The average Bonchev–Trinajstić information content (AvgIpc) is 2.68. The van der Waals surface area contributed by atoms with Gasteiger partial charge in [-0.3, -0.25) is 4.79 Å². The fraction of sp³-hybridized carbons (Fsp3) is 0.455. The third-order valence-electron chi connectivity index (χ3n) is 2.59. The normalized spacial score (nSPS) is 11.4. The predicted octanol–water partition coefficient (Wildman–Crippen LogP) is 1.84. The Labute approximate surface area is 109 Å². The third kappa shape index (κ3) is 2.15. The summed E-state index contributed by atoms with van der Waals surface area (Å²) >= 11 is 6.17. The number of fused-ring (bicyclic) bond motifs is 1. The fourth-order valence-electron chi connectivity index (χ4n) is 1.61. The lowest BCUT2D eigenvalue weighted by atomic mass is 10.2. The molecule has 0 aromatic carbocycles. The van der Waals surface area contributed by atoms with Crippen LogP contribution in [0.2, 0.25) is 5.15 Å². The molecule has 0 spiro atoms. The molecule has 18 heavy (non-hydrogen) atoms. The molecule has 0 saturated carbocycles. The van der Waals surface area contributed by atoms with Gasteiger partial charge in [-0.25, -0.2) is 4.98 Å². The minimum absolute atomic E-state index is 0.158. The topological polar surface area (TPSA) is 80.4 Å². The Kier molecular flexibility index (Phi) is 3.21. The summed E-state index contributed by atoms with van der Waals surface area (Å²) in [5.74, 6) is 0.239. The minimum Gasteiger partial charge on any atom is -0.481 e. The molecule has 7 heteroatoms. The molecule has 0 radical (unpaired) electrons. The Hall–Kier alpha value is -1.69. The maximum atomic E-state index is 10.8. The van der Waals surface area contributed by atoms with Crippen molar-refractivity contribution < 1.29 is 9.90 Å². The number of nitrogens with zero attached hydrogens (tertiary/aromatic N) is 4. The van der Waals surface area contributed by atoms with E-state index < -0.39 is 5.97 Å². The van der Waals surface area contributed by atoms with E-state index in [0.717, 1.165) is 0 Å². The van der Waals surface area contributed by atoms with Gasteiger partial charge in [-0.2, -0.15) is 9.50 Å². The van der Waals surface area contributed by atoms with E-state index in [-0.39, 0.29) is 17.5 Å². The van der Waals surface area contributed by atoms with Crippen LogP contribution in [0.25, 0.3) is 5.78 Å². The second-order valence-corrected chi connectivity index (χ2v) is 4.73. The Bertz CT molecular complexity index is 621. The van der Waals surface area contributed by atoms with Gasteiger partial charge >= 0.3 is 5.97 Å². The highest BCUT2D eigenvalue weighted by atomic mass is 35.5. The molecule has 0 aliphatic carbocycles. The van der Waals surface area contributed by atoms with Gasteiger partial charge in [0.2, 0.25) is 0 Å². The molecular formula is C11H13ClN4O2. The Morgan fingerprint density at radius 3 is 2.67 bits per heavy atom. The van der Waals surface area contributed by atoms with Crippen molar-refractivity contribution in [3.63, 3.8) is 0 Å². The number of hydrogen-bond donors (Lipinski definition) is 1. The molecular weight excluding hydrogens is 256 g/mol. The number of carbonyl (C=O) groups is 1. The van der Waals surface area contributed by atoms with Crippen molar-refractivity contribution >= 4 is 23.3 Å². The fourth-order valence-corrected chi connectivity index (χ4v) is 1.93. The predicted molar refractivity (Wildman–Crippen MR) is 66.0 cm³/mol. The first-order chi connectivity index (χ1) is 8.40. The van der Waals surface area contributed by atoms with Crippen LogP contribution in [-0.4, -0.2) is 30.7 Å². The summed E-state index contributed by atoms with van der Waals surface area (Å²) in [5, 5.41) is 13.4. The van der Waals surface area contributed by atoms with Gasteiger partial charge in [0.1, 0.15) is 5.15 Å². The highest BCUT2D eigenvalue weighted by Crippen LogP contribution is 2.21. The van der Waals surface area contributed by atoms with Crippen LogP contribution in [0.3, 0.4) is 0 Å². The molecule has 0 saturated heterocycles. The Morgan fingerprint density at radius 2 is 2.11 bits per heavy atom. The quantitative estimate of drug-likeness (QED) is 0.859. The molecule has 96 valence electrons. The van der Waals surface area contributed by atoms with Gasteiger partial charge in [-0.05, 0) is 6.92 Å². The first-order valence-corrected chi connectivity index (χ1v) is 5.91. The average molecular weight is 269 g/mol. The van der Waals surface area contributed by atoms with E-state index in [4.69, 9.17) is 16.7 Å². The molecule has 2 heterocycles. The van der Waals surface area contributed by atoms with Crippen LogP contribution in [-0.2, 0) is 11.2 Å². The van der Waals surface area contributed by atoms with Crippen molar-refractivity contribution in [1.82, 2.24) is 19.6 Å². The largest absolute Gasteiger partial charge is 0.481 e. The number of halogens is 1. The summed E-state index contributed by atoms with van der Waals surface area (Å²) in [4.78, 5) is 19.3. The highest BCUT2D eigenvalue weighted by Gasteiger charge is 2.17. The van der Waals surface area contributed by atoms with Crippen LogP contribution in [0.4, 0.5) is 0 Å². The van der Waals surface area contributed by atoms with E-state index in [2.05, 4.69) is 15.1 Å². The number of rotatable bonds is 3. The lowest BCUT2D eigenvalue weighted by molar-refractivity contribution is -0.136. The van der Waals surface area contributed by atoms with Crippen molar-refractivity contribution in [3.05, 3.63) is 22.2 Å². The summed E-state index contributed by atoms with van der Waals surface area (Å²) in [5.41, 5.74) is 1.04. The Balaban J connectivity index is 2.64. The van der Waals surface area contributed by atoms with E-state index in [9.17, 15) is 4.79 Å². The van der Waals surface area contributed by atoms with Gasteiger partial charge in [-0.1, -0.05) is 25.4 Å². The van der Waals surface area contributed by atoms with Crippen molar-refractivity contribution in [2.24, 2.45) is 0 Å². The molecule has 2 aromatic rings. The molecule has 0 aliphatic heterocycles. The summed E-state index contributed by atoms with van der Waals surface area (Å²) < 4.78 is 1.39. The molecule has 0 aliphatic rings. The van der Waals surface area contributed by atoms with Crippen LogP contribution in [0.5, 0.6) is 0 Å². The molecule has 0 amide bonds. The molecule has 0 unspecified atom stereocenters. The van der Waals surface area contributed by atoms with Crippen LogP contribution in [0.1, 0.15) is 36.8 Å². The van der Waals surface area contributed by atoms with Gasteiger partial charge in [0.25, 0.3) is 5.78 Å². The lowest BCUT2D eigenvalue weighted by Gasteiger charge is -2.05. The molecule has 2 aromatic heterocycles. The van der Waals surface area contributed by atoms with Gasteiger partial charge < -0.3 is 5.11 Å². The SMILES string of the molecule is Cc1nc2nc(C(C)C)nn2c(Cl)c1CC(=O)O. The number of carboxylic acid groups (broad SMARTS) is 1. The van der Waals surface area contributed by atoms with E-state index in [1.54, 1.807) is 6.92 Å². The second kappa shape index (κ2) is 4.53. The zero-order valence-electron chi connectivity index (χ0n) is 10.3. The van der Waals surface area contributed by atoms with Gasteiger partial charge in [0.05, 0.1) is 6.42 Å². The van der Waals surface area contributed by atoms with E-state index in [1.165, 1.54) is 4.52 Å². The van der Waals surface area contributed by atoms with Crippen LogP contribution < -0.4 is 0 Å². The van der Waals surface area contributed by atoms with Gasteiger partial charge in [0, 0.05) is 17.2 Å². The van der Waals surface area contributed by atoms with Crippen LogP contribution >= 0.6 is 11.6 Å². The monoisotopic (exact) mass is 268 g/mol. The number of carboxylic acids is 1. The first-order valence-electron chi connectivity index (χ1n) is 5.53. The highest BCUT2D eigenvalue weighted by molar-refractivity contribution is 6.30. The van der Waals surface area contributed by atoms with Crippen molar-refractivity contribution in [2.45, 2.75) is 33.1 Å². The minimum atomic E-state index is -0.953. The van der Waals surface area contributed by atoms with Crippen molar-refractivity contribution in [1.29, 1.82) is 0 Å². The zero-order valence-corrected chi connectivity index (χ0v) is 11.1. The first kappa shape index (κ1) is 12.8. The summed E-state index contributed by atoms with van der Waals surface area (Å²) in [6.07, 6.45) is -0.176. The molecule has 0 fully saturated rings. The number of aryl methyl sites for hydroxylation is 1. The standard InChI is InChI=1S/C11H13ClN4O2/c1-5(2)10-14-11-13-6(3)7(4-8(17)18)9(12)16(11)15-10/h5H,4H2,1-3H3,(H,17,18). The molecule has 1 N–H and O–H groups in total. The zero-order chi connectivity index (χ0) is 13.4. The van der Waals surface area contributed by atoms with Gasteiger partial charge in [0.15, 0.2) is 5.82 Å². The second-order valence-electron chi connectivity index (χ2n) is 4.37. The summed E-state index contributed by atoms with van der Waals surface area (Å²) in [6, 6.07) is 0.